The van der Waals surface area contributed by atoms with Gasteiger partial charge < -0.3 is 15.0 Å². The van der Waals surface area contributed by atoms with Crippen molar-refractivity contribution in [2.45, 2.75) is 13.5 Å². The van der Waals surface area contributed by atoms with Crippen LogP contribution in [-0.4, -0.2) is 61.4 Å². The van der Waals surface area contributed by atoms with E-state index < -0.39 is 0 Å². The van der Waals surface area contributed by atoms with Crippen LogP contribution in [0.15, 0.2) is 42.5 Å². The number of rotatable bonds is 6. The minimum atomic E-state index is -0.295. The van der Waals surface area contributed by atoms with Gasteiger partial charge in [0.25, 0.3) is 5.91 Å². The molecule has 6 nitrogen and oxygen atoms in total. The monoisotopic (exact) mass is 399 g/mol. The molecule has 7 heteroatoms. The largest absolute Gasteiger partial charge is 0.496 e. The molecule has 0 atom stereocenters. The number of methoxy groups -OCH3 is 1. The molecule has 0 spiro atoms. The third-order valence-corrected chi connectivity index (χ3v) is 5.08. The Hall–Kier alpha value is -2.93. The maximum absolute atomic E-state index is 12.9. The molecule has 3 rings (SSSR count). The summed E-state index contributed by atoms with van der Waals surface area (Å²) in [6.07, 6.45) is 0. The van der Waals surface area contributed by atoms with Gasteiger partial charge in [0.1, 0.15) is 11.6 Å². The van der Waals surface area contributed by atoms with E-state index in [2.05, 4.69) is 5.32 Å². The summed E-state index contributed by atoms with van der Waals surface area (Å²) >= 11 is 0. The summed E-state index contributed by atoms with van der Waals surface area (Å²) in [5, 5.41) is 2.85. The van der Waals surface area contributed by atoms with E-state index in [1.54, 1.807) is 30.2 Å². The van der Waals surface area contributed by atoms with Gasteiger partial charge in [-0.1, -0.05) is 18.2 Å². The number of hydrogen-bond donors (Lipinski definition) is 1. The second-order valence-corrected chi connectivity index (χ2v) is 7.16. The van der Waals surface area contributed by atoms with Crippen LogP contribution in [0.3, 0.4) is 0 Å². The molecule has 2 amide bonds. The molecule has 0 aliphatic carbocycles. The zero-order chi connectivity index (χ0) is 20.8. The predicted molar refractivity (Wildman–Crippen MR) is 108 cm³/mol. The zero-order valence-electron chi connectivity index (χ0n) is 16.8. The molecule has 1 saturated heterocycles. The Morgan fingerprint density at radius 3 is 2.41 bits per heavy atom. The van der Waals surface area contributed by atoms with Crippen LogP contribution in [0.25, 0.3) is 0 Å². The maximum atomic E-state index is 12.9. The van der Waals surface area contributed by atoms with Crippen LogP contribution in [-0.2, 0) is 11.3 Å². The van der Waals surface area contributed by atoms with Crippen LogP contribution in [0.4, 0.5) is 4.39 Å². The van der Waals surface area contributed by atoms with Crippen LogP contribution in [0, 0.1) is 12.7 Å². The third-order valence-electron chi connectivity index (χ3n) is 5.08. The van der Waals surface area contributed by atoms with E-state index in [0.29, 0.717) is 44.0 Å². The minimum Gasteiger partial charge on any atom is -0.496 e. The molecule has 1 fully saturated rings. The molecule has 0 radical (unpaired) electrons. The number of halogens is 1. The van der Waals surface area contributed by atoms with E-state index in [9.17, 15) is 14.0 Å². The topological polar surface area (TPSA) is 61.9 Å². The Morgan fingerprint density at radius 2 is 1.76 bits per heavy atom. The van der Waals surface area contributed by atoms with Crippen LogP contribution >= 0.6 is 0 Å². The molecule has 1 aliphatic rings. The Morgan fingerprint density at radius 1 is 1.07 bits per heavy atom. The van der Waals surface area contributed by atoms with Crippen LogP contribution in [0.5, 0.6) is 5.75 Å². The van der Waals surface area contributed by atoms with Crippen LogP contribution in [0.1, 0.15) is 21.5 Å². The fraction of sp³-hybridized carbons (Fsp3) is 0.364. The van der Waals surface area contributed by atoms with E-state index in [1.807, 2.05) is 24.0 Å². The number of aryl methyl sites for hydroxylation is 1. The molecular weight excluding hydrogens is 373 g/mol. The molecule has 1 aliphatic heterocycles. The third kappa shape index (κ3) is 5.54. The molecule has 154 valence electrons. The summed E-state index contributed by atoms with van der Waals surface area (Å²) in [4.78, 5) is 28.7. The predicted octanol–water partition coefficient (Wildman–Crippen LogP) is 2.22. The highest BCUT2D eigenvalue weighted by atomic mass is 19.1. The van der Waals surface area contributed by atoms with Crippen molar-refractivity contribution in [1.29, 1.82) is 0 Å². The second kappa shape index (κ2) is 9.52. The van der Waals surface area contributed by atoms with Gasteiger partial charge in [-0.2, -0.15) is 0 Å². The van der Waals surface area contributed by atoms with Gasteiger partial charge in [-0.15, -0.1) is 0 Å². The van der Waals surface area contributed by atoms with Gasteiger partial charge in [0.05, 0.1) is 13.7 Å². The van der Waals surface area contributed by atoms with Crippen molar-refractivity contribution in [1.82, 2.24) is 15.1 Å². The molecule has 1 heterocycles. The number of hydrogen-bond acceptors (Lipinski definition) is 4. The van der Waals surface area contributed by atoms with Gasteiger partial charge in [-0.25, -0.2) is 4.39 Å². The Bertz CT molecular complexity index is 862. The van der Waals surface area contributed by atoms with E-state index in [1.165, 1.54) is 12.1 Å². The lowest BCUT2D eigenvalue weighted by Gasteiger charge is -2.34. The smallest absolute Gasteiger partial charge is 0.254 e. The fourth-order valence-electron chi connectivity index (χ4n) is 3.31. The highest BCUT2D eigenvalue weighted by Crippen LogP contribution is 2.20. The number of benzene rings is 2. The average molecular weight is 399 g/mol. The summed E-state index contributed by atoms with van der Waals surface area (Å²) in [5.74, 6) is 0.296. The molecule has 29 heavy (non-hydrogen) atoms. The van der Waals surface area contributed by atoms with E-state index in [-0.39, 0.29) is 24.2 Å². The number of amides is 2. The summed E-state index contributed by atoms with van der Waals surface area (Å²) in [6.45, 7) is 5.00. The van der Waals surface area contributed by atoms with E-state index in [4.69, 9.17) is 4.74 Å². The summed E-state index contributed by atoms with van der Waals surface area (Å²) in [6, 6.07) is 11.5. The molecule has 0 unspecified atom stereocenters. The molecule has 2 aromatic carbocycles. The van der Waals surface area contributed by atoms with Gasteiger partial charge in [0, 0.05) is 38.3 Å². The Balaban J connectivity index is 1.45. The molecule has 0 aromatic heterocycles. The van der Waals surface area contributed by atoms with Crippen molar-refractivity contribution in [2.24, 2.45) is 0 Å². The number of nitrogens with one attached hydrogen (secondary N) is 1. The molecule has 0 bridgehead atoms. The van der Waals surface area contributed by atoms with Gasteiger partial charge in [0.15, 0.2) is 0 Å². The van der Waals surface area contributed by atoms with Crippen molar-refractivity contribution < 1.29 is 18.7 Å². The normalized spacial score (nSPS) is 14.5. The van der Waals surface area contributed by atoms with Gasteiger partial charge >= 0.3 is 0 Å². The van der Waals surface area contributed by atoms with E-state index in [0.717, 1.165) is 11.1 Å². The summed E-state index contributed by atoms with van der Waals surface area (Å²) in [7, 11) is 1.59. The van der Waals surface area contributed by atoms with Crippen molar-refractivity contribution in [2.75, 3.05) is 39.8 Å². The van der Waals surface area contributed by atoms with Gasteiger partial charge in [-0.3, -0.25) is 14.5 Å². The van der Waals surface area contributed by atoms with Crippen molar-refractivity contribution in [3.63, 3.8) is 0 Å². The Kier molecular flexibility index (Phi) is 6.82. The first-order valence-electron chi connectivity index (χ1n) is 9.63. The molecule has 2 aromatic rings. The second-order valence-electron chi connectivity index (χ2n) is 7.16. The van der Waals surface area contributed by atoms with Gasteiger partial charge in [-0.05, 0) is 42.3 Å². The standard InChI is InChI=1S/C22H26FN3O3/c1-16-3-6-18(13-20(16)29-2)22(28)26-11-9-25(10-12-26)15-21(27)24-14-17-4-7-19(23)8-5-17/h3-8,13H,9-12,14-15H2,1-2H3,(H,24,27). The first-order chi connectivity index (χ1) is 14.0. The number of ether oxygens (including phenoxy) is 1. The molecule has 0 saturated carbocycles. The van der Waals surface area contributed by atoms with Crippen LogP contribution in [0.2, 0.25) is 0 Å². The number of carbonyl (C=O) groups is 2. The number of nitrogens with zero attached hydrogens (tertiary/aromatic N) is 2. The first kappa shape index (κ1) is 20.8. The summed E-state index contributed by atoms with van der Waals surface area (Å²) in [5.41, 5.74) is 2.45. The average Bonchev–Trinajstić information content (AvgIpc) is 2.74. The maximum Gasteiger partial charge on any atom is 0.254 e. The van der Waals surface area contributed by atoms with Crippen molar-refractivity contribution in [3.8, 4) is 5.75 Å². The Labute approximate surface area is 170 Å². The highest BCUT2D eigenvalue weighted by Gasteiger charge is 2.23. The number of piperazine rings is 1. The van der Waals surface area contributed by atoms with E-state index >= 15 is 0 Å². The minimum absolute atomic E-state index is 0.0243. The highest BCUT2D eigenvalue weighted by molar-refractivity contribution is 5.94. The quantitative estimate of drug-likeness (QED) is 0.809. The van der Waals surface area contributed by atoms with Gasteiger partial charge in [0.2, 0.25) is 5.91 Å². The van der Waals surface area contributed by atoms with Crippen LogP contribution < -0.4 is 10.1 Å². The zero-order valence-corrected chi connectivity index (χ0v) is 16.8. The van der Waals surface area contributed by atoms with Crippen molar-refractivity contribution in [3.05, 3.63) is 65.0 Å². The fourth-order valence-corrected chi connectivity index (χ4v) is 3.31. The molecule has 1 N–H and O–H groups in total. The lowest BCUT2D eigenvalue weighted by molar-refractivity contribution is -0.122. The van der Waals surface area contributed by atoms with Crippen molar-refractivity contribution >= 4 is 11.8 Å². The SMILES string of the molecule is COc1cc(C(=O)N2CCN(CC(=O)NCc3ccc(F)cc3)CC2)ccc1C. The first-order valence-corrected chi connectivity index (χ1v) is 9.63. The number of carbonyl (C=O) groups excluding carboxylic acids is 2. The molecular formula is C22H26FN3O3. The summed E-state index contributed by atoms with van der Waals surface area (Å²) < 4.78 is 18.2. The lowest BCUT2D eigenvalue weighted by Crippen LogP contribution is -2.51. The lowest BCUT2D eigenvalue weighted by atomic mass is 10.1.